The second-order valence-electron chi connectivity index (χ2n) is 5.43. The van der Waals surface area contributed by atoms with E-state index < -0.39 is 0 Å². The molecule has 0 heterocycles. The molecular formula is C18H48P3Pd+3. The third-order valence-corrected chi connectivity index (χ3v) is 13.5. The smallest absolute Gasteiger partial charge is 0.0313 e. The monoisotopic (exact) mass is 463 g/mol. The summed E-state index contributed by atoms with van der Waals surface area (Å²) >= 11 is 0. The minimum absolute atomic E-state index is 0. The Kier molecular flexibility index (Phi) is 40.0. The van der Waals surface area contributed by atoms with E-state index in [9.17, 15) is 0 Å². The molecule has 22 heavy (non-hydrogen) atoms. The molecule has 142 valence electrons. The molecule has 0 N–H and O–H groups in total. The molecule has 0 nitrogen and oxygen atoms in total. The molecule has 0 saturated carbocycles. The largest absolute Gasteiger partial charge is 0.0543 e. The quantitative estimate of drug-likeness (QED) is 0.261. The van der Waals surface area contributed by atoms with E-state index in [1.54, 1.807) is 0 Å². The summed E-state index contributed by atoms with van der Waals surface area (Å²) in [7, 11) is 0.412. The summed E-state index contributed by atoms with van der Waals surface area (Å²) in [5.74, 6) is 0. The molecule has 0 aromatic rings. The Morgan fingerprint density at radius 2 is 0.409 bits per heavy atom. The summed E-state index contributed by atoms with van der Waals surface area (Å²) in [6, 6.07) is 0. The first kappa shape index (κ1) is 31.7. The molecular weight excluding hydrogens is 416 g/mol. The van der Waals surface area contributed by atoms with Crippen LogP contribution in [0, 0.1) is 0 Å². The predicted octanol–water partition coefficient (Wildman–Crippen LogP) is 6.78. The molecule has 0 spiro atoms. The van der Waals surface area contributed by atoms with Gasteiger partial charge in [0.1, 0.15) is 0 Å². The van der Waals surface area contributed by atoms with Crippen molar-refractivity contribution in [3.63, 3.8) is 0 Å². The minimum atomic E-state index is 0. The summed E-state index contributed by atoms with van der Waals surface area (Å²) < 4.78 is 0. The molecule has 0 aromatic heterocycles. The van der Waals surface area contributed by atoms with E-state index in [-0.39, 0.29) is 44.2 Å². The van der Waals surface area contributed by atoms with Crippen LogP contribution in [0.5, 0.6) is 0 Å². The van der Waals surface area contributed by atoms with Gasteiger partial charge in [-0.1, -0.05) is 0 Å². The van der Waals surface area contributed by atoms with Gasteiger partial charge in [-0.05, 0) is 86.1 Å². The van der Waals surface area contributed by atoms with E-state index >= 15 is 0 Å². The first-order valence-corrected chi connectivity index (χ1v) is 15.9. The Hall–Kier alpha value is 1.95. The fourth-order valence-electron chi connectivity index (χ4n) is 2.25. The van der Waals surface area contributed by atoms with Gasteiger partial charge in [-0.2, -0.15) is 0 Å². The molecule has 0 fully saturated rings. The molecule has 0 aliphatic carbocycles. The van der Waals surface area contributed by atoms with Crippen LogP contribution in [0.3, 0.4) is 0 Å². The van der Waals surface area contributed by atoms with Crippen molar-refractivity contribution >= 4 is 23.8 Å². The Morgan fingerprint density at radius 3 is 0.409 bits per heavy atom. The molecule has 0 unspecified atom stereocenters. The van der Waals surface area contributed by atoms with Gasteiger partial charge >= 0.3 is 0 Å². The fourth-order valence-corrected chi connectivity index (χ4v) is 6.75. The van der Waals surface area contributed by atoms with Gasteiger partial charge in [0.15, 0.2) is 0 Å². The van der Waals surface area contributed by atoms with E-state index in [0.717, 1.165) is 0 Å². The third-order valence-electron chi connectivity index (χ3n) is 4.50. The summed E-state index contributed by atoms with van der Waals surface area (Å²) in [5.41, 5.74) is 0. The van der Waals surface area contributed by atoms with Crippen molar-refractivity contribution < 1.29 is 20.4 Å². The van der Waals surface area contributed by atoms with Gasteiger partial charge in [-0.15, -0.1) is 0 Å². The van der Waals surface area contributed by atoms with E-state index in [0.29, 0.717) is 0 Å². The number of rotatable bonds is 9. The van der Waals surface area contributed by atoms with E-state index in [1.165, 1.54) is 55.5 Å². The first-order valence-electron chi connectivity index (χ1n) is 9.55. The van der Waals surface area contributed by atoms with Crippen LogP contribution in [0.25, 0.3) is 0 Å². The summed E-state index contributed by atoms with van der Waals surface area (Å²) in [5, 5.41) is 0. The molecule has 0 amide bonds. The Balaban J connectivity index is -0.000000108. The third kappa shape index (κ3) is 24.2. The maximum absolute atomic E-state index is 2.31. The van der Waals surface area contributed by atoms with Crippen LogP contribution in [0.15, 0.2) is 0 Å². The van der Waals surface area contributed by atoms with Crippen LogP contribution >= 0.6 is 23.8 Å². The van der Waals surface area contributed by atoms with E-state index in [2.05, 4.69) is 62.3 Å². The number of hydrogen-bond donors (Lipinski definition) is 0. The van der Waals surface area contributed by atoms with Crippen LogP contribution in [-0.4, -0.2) is 55.5 Å². The Morgan fingerprint density at radius 1 is 0.318 bits per heavy atom. The van der Waals surface area contributed by atoms with Crippen molar-refractivity contribution in [3.8, 4) is 0 Å². The van der Waals surface area contributed by atoms with Gasteiger partial charge < -0.3 is 0 Å². The van der Waals surface area contributed by atoms with Crippen molar-refractivity contribution in [3.05, 3.63) is 0 Å². The van der Waals surface area contributed by atoms with Crippen LogP contribution in [0.1, 0.15) is 62.3 Å². The molecule has 0 aromatic carbocycles. The maximum atomic E-state index is 2.31. The average Bonchev–Trinajstić information content (AvgIpc) is 2.54. The zero-order chi connectivity index (χ0) is 17.1. The zero-order valence-corrected chi connectivity index (χ0v) is 21.7. The van der Waals surface area contributed by atoms with Crippen LogP contribution in [0.4, 0.5) is 0 Å². The standard InChI is InChI=1S/3C6H15P.Pd/c3*1-4-7(5-2)6-3;/h3*4-6H2,1-3H3;/p+3. The van der Waals surface area contributed by atoms with Gasteiger partial charge in [0, 0.05) is 20.4 Å². The first-order chi connectivity index (χ1) is 10.0. The predicted molar refractivity (Wildman–Crippen MR) is 120 cm³/mol. The average molecular weight is 464 g/mol. The molecule has 0 aliphatic heterocycles. The molecule has 0 radical (unpaired) electrons. The topological polar surface area (TPSA) is 0 Å². The van der Waals surface area contributed by atoms with Crippen LogP contribution < -0.4 is 0 Å². The van der Waals surface area contributed by atoms with Gasteiger partial charge in [0.2, 0.25) is 0 Å². The Bertz CT molecular complexity index is 111. The van der Waals surface area contributed by atoms with Crippen molar-refractivity contribution in [1.82, 2.24) is 0 Å². The second kappa shape index (κ2) is 27.8. The number of hydrogen-bond acceptors (Lipinski definition) is 0. The minimum Gasteiger partial charge on any atom is -0.0313 e. The SMILES string of the molecule is CC[PH+](CC)CC.CC[PH+](CC)CC.CC[PH+](CC)CC.[Pd]. The van der Waals surface area contributed by atoms with Crippen molar-refractivity contribution in [2.75, 3.05) is 55.5 Å². The van der Waals surface area contributed by atoms with Gasteiger partial charge in [-0.3, -0.25) is 0 Å². The molecule has 0 bridgehead atoms. The molecule has 4 heteroatoms. The van der Waals surface area contributed by atoms with Crippen molar-refractivity contribution in [1.29, 1.82) is 0 Å². The van der Waals surface area contributed by atoms with Crippen LogP contribution in [0.2, 0.25) is 0 Å². The van der Waals surface area contributed by atoms with Gasteiger partial charge in [0.05, 0.1) is 55.5 Å². The van der Waals surface area contributed by atoms with Crippen molar-refractivity contribution in [2.24, 2.45) is 0 Å². The van der Waals surface area contributed by atoms with Crippen LogP contribution in [-0.2, 0) is 20.4 Å². The van der Waals surface area contributed by atoms with Gasteiger partial charge in [-0.25, -0.2) is 0 Å². The maximum Gasteiger partial charge on any atom is 0.0543 e. The molecule has 0 rings (SSSR count). The summed E-state index contributed by atoms with van der Waals surface area (Å²) in [6.07, 6.45) is 13.1. The van der Waals surface area contributed by atoms with Gasteiger partial charge in [0.25, 0.3) is 0 Å². The zero-order valence-electron chi connectivity index (χ0n) is 17.2. The van der Waals surface area contributed by atoms with Crippen molar-refractivity contribution in [2.45, 2.75) is 62.3 Å². The Labute approximate surface area is 161 Å². The molecule has 0 saturated heterocycles. The summed E-state index contributed by atoms with van der Waals surface area (Å²) in [6.45, 7) is 20.8. The molecule has 0 atom stereocenters. The molecule has 0 aliphatic rings. The second-order valence-corrected chi connectivity index (χ2v) is 16.3. The van der Waals surface area contributed by atoms with E-state index in [4.69, 9.17) is 0 Å². The fraction of sp³-hybridized carbons (Fsp3) is 1.00. The summed E-state index contributed by atoms with van der Waals surface area (Å²) in [4.78, 5) is 0. The normalized spacial score (nSPS) is 9.82. The van der Waals surface area contributed by atoms with E-state index in [1.807, 2.05) is 0 Å².